The van der Waals surface area contributed by atoms with Crippen molar-refractivity contribution in [1.29, 1.82) is 5.26 Å². The lowest BCUT2D eigenvalue weighted by molar-refractivity contribution is 0.595. The summed E-state index contributed by atoms with van der Waals surface area (Å²) in [5, 5.41) is 8.32. The fraction of sp³-hybridized carbons (Fsp3) is 0.364. The topological polar surface area (TPSA) is 57.9 Å². The van der Waals surface area contributed by atoms with E-state index >= 15 is 0 Å². The van der Waals surface area contributed by atoms with E-state index in [0.717, 1.165) is 11.1 Å². The van der Waals surface area contributed by atoms with E-state index in [2.05, 4.69) is 0 Å². The molecule has 0 bridgehead atoms. The lowest BCUT2D eigenvalue weighted by Crippen LogP contribution is -2.08. The van der Waals surface area contributed by atoms with Crippen LogP contribution in [0.1, 0.15) is 17.5 Å². The minimum absolute atomic E-state index is 0.0228. The van der Waals surface area contributed by atoms with Gasteiger partial charge in [-0.1, -0.05) is 29.8 Å². The third-order valence-corrected chi connectivity index (χ3v) is 3.63. The molecule has 1 aromatic carbocycles. The van der Waals surface area contributed by atoms with Crippen LogP contribution in [0.25, 0.3) is 0 Å². The Kier molecular flexibility index (Phi) is 3.87. The average Bonchev–Trinajstić information content (AvgIpc) is 2.18. The number of hydrogen-bond acceptors (Lipinski definition) is 3. The van der Waals surface area contributed by atoms with Crippen molar-refractivity contribution in [2.75, 3.05) is 5.75 Å². The maximum Gasteiger partial charge on any atom is 0.155 e. The van der Waals surface area contributed by atoms with Crippen molar-refractivity contribution in [1.82, 2.24) is 0 Å². The maximum absolute atomic E-state index is 11.5. The average molecular weight is 223 g/mol. The van der Waals surface area contributed by atoms with Crippen molar-refractivity contribution < 1.29 is 8.42 Å². The molecule has 0 heterocycles. The SMILES string of the molecule is Cc1ccc(CS(=O)(=O)CCC#N)cc1. The Hall–Kier alpha value is -1.34. The van der Waals surface area contributed by atoms with E-state index in [1.165, 1.54) is 0 Å². The smallest absolute Gasteiger partial charge is 0.155 e. The Balaban J connectivity index is 2.70. The fourth-order valence-corrected chi connectivity index (χ4v) is 2.46. The molecule has 0 unspecified atom stereocenters. The van der Waals surface area contributed by atoms with Gasteiger partial charge < -0.3 is 0 Å². The number of aryl methyl sites for hydroxylation is 1. The molecule has 0 aliphatic carbocycles. The van der Waals surface area contributed by atoms with Crippen LogP contribution in [0.5, 0.6) is 0 Å². The van der Waals surface area contributed by atoms with Gasteiger partial charge in [-0.05, 0) is 12.5 Å². The summed E-state index contributed by atoms with van der Waals surface area (Å²) in [6.45, 7) is 1.95. The highest BCUT2D eigenvalue weighted by Crippen LogP contribution is 2.08. The van der Waals surface area contributed by atoms with Gasteiger partial charge in [0.05, 0.1) is 17.6 Å². The maximum atomic E-state index is 11.5. The Morgan fingerprint density at radius 3 is 2.40 bits per heavy atom. The second-order valence-electron chi connectivity index (χ2n) is 3.49. The first-order valence-electron chi connectivity index (χ1n) is 4.66. The molecule has 0 aliphatic rings. The van der Waals surface area contributed by atoms with Gasteiger partial charge >= 0.3 is 0 Å². The second-order valence-corrected chi connectivity index (χ2v) is 5.67. The zero-order valence-corrected chi connectivity index (χ0v) is 9.42. The molecule has 0 aliphatic heterocycles. The fourth-order valence-electron chi connectivity index (χ4n) is 1.21. The van der Waals surface area contributed by atoms with Crippen LogP contribution in [-0.4, -0.2) is 14.2 Å². The Morgan fingerprint density at radius 1 is 1.27 bits per heavy atom. The Bertz CT molecular complexity index is 454. The van der Waals surface area contributed by atoms with E-state index in [9.17, 15) is 8.42 Å². The van der Waals surface area contributed by atoms with Crippen molar-refractivity contribution in [3.63, 3.8) is 0 Å². The first-order valence-corrected chi connectivity index (χ1v) is 6.48. The zero-order chi connectivity index (χ0) is 11.3. The molecule has 0 radical (unpaired) electrons. The van der Waals surface area contributed by atoms with Crippen LogP contribution < -0.4 is 0 Å². The van der Waals surface area contributed by atoms with E-state index in [1.54, 1.807) is 12.1 Å². The van der Waals surface area contributed by atoms with Gasteiger partial charge in [-0.15, -0.1) is 0 Å². The lowest BCUT2D eigenvalue weighted by atomic mass is 10.2. The Labute approximate surface area is 90.3 Å². The molecular formula is C11H13NO2S. The first kappa shape index (κ1) is 11.7. The highest BCUT2D eigenvalue weighted by molar-refractivity contribution is 7.90. The summed E-state index contributed by atoms with van der Waals surface area (Å²) in [6, 6.07) is 9.22. The molecule has 0 amide bonds. The van der Waals surface area contributed by atoms with Crippen molar-refractivity contribution in [2.45, 2.75) is 19.1 Å². The van der Waals surface area contributed by atoms with Crippen LogP contribution in [0.4, 0.5) is 0 Å². The van der Waals surface area contributed by atoms with Crippen LogP contribution in [0, 0.1) is 18.3 Å². The van der Waals surface area contributed by atoms with Crippen molar-refractivity contribution >= 4 is 9.84 Å². The molecule has 15 heavy (non-hydrogen) atoms. The molecular weight excluding hydrogens is 210 g/mol. The third-order valence-electron chi connectivity index (χ3n) is 2.03. The van der Waals surface area contributed by atoms with Crippen molar-refractivity contribution in [3.05, 3.63) is 35.4 Å². The van der Waals surface area contributed by atoms with Crippen molar-refractivity contribution in [3.8, 4) is 6.07 Å². The van der Waals surface area contributed by atoms with E-state index in [-0.39, 0.29) is 17.9 Å². The summed E-state index contributed by atoms with van der Waals surface area (Å²) < 4.78 is 23.0. The first-order chi connectivity index (χ1) is 7.03. The van der Waals surface area contributed by atoms with Gasteiger partial charge in [0.2, 0.25) is 0 Å². The Morgan fingerprint density at radius 2 is 1.87 bits per heavy atom. The monoisotopic (exact) mass is 223 g/mol. The van der Waals surface area contributed by atoms with Gasteiger partial charge in [0.1, 0.15) is 0 Å². The molecule has 0 fully saturated rings. The van der Waals surface area contributed by atoms with Crippen LogP contribution >= 0.6 is 0 Å². The number of nitrogens with zero attached hydrogens (tertiary/aromatic N) is 1. The van der Waals surface area contributed by atoms with Crippen LogP contribution in [-0.2, 0) is 15.6 Å². The standard InChI is InChI=1S/C11H13NO2S/c1-10-3-5-11(6-4-10)9-15(13,14)8-2-7-12/h3-6H,2,8-9H2,1H3. The summed E-state index contributed by atoms with van der Waals surface area (Å²) in [5.41, 5.74) is 1.88. The minimum Gasteiger partial charge on any atom is -0.228 e. The summed E-state index contributed by atoms with van der Waals surface area (Å²) in [4.78, 5) is 0. The van der Waals surface area contributed by atoms with Gasteiger partial charge in [0.25, 0.3) is 0 Å². The number of benzene rings is 1. The van der Waals surface area contributed by atoms with Gasteiger partial charge in [-0.2, -0.15) is 5.26 Å². The van der Waals surface area contributed by atoms with Crippen LogP contribution in [0.3, 0.4) is 0 Å². The number of sulfone groups is 1. The van der Waals surface area contributed by atoms with Crippen LogP contribution in [0.2, 0.25) is 0 Å². The number of rotatable bonds is 4. The highest BCUT2D eigenvalue weighted by Gasteiger charge is 2.10. The quantitative estimate of drug-likeness (QED) is 0.782. The molecule has 0 atom stereocenters. The summed E-state index contributed by atoms with van der Waals surface area (Å²) in [5.74, 6) is -0.0354. The molecule has 4 heteroatoms. The highest BCUT2D eigenvalue weighted by atomic mass is 32.2. The second kappa shape index (κ2) is 4.94. The van der Waals surface area contributed by atoms with E-state index in [4.69, 9.17) is 5.26 Å². The molecule has 0 spiro atoms. The van der Waals surface area contributed by atoms with Crippen molar-refractivity contribution in [2.24, 2.45) is 0 Å². The number of hydrogen-bond donors (Lipinski definition) is 0. The molecule has 0 aromatic heterocycles. The summed E-state index contributed by atoms with van der Waals surface area (Å²) >= 11 is 0. The van der Waals surface area contributed by atoms with Crippen LogP contribution in [0.15, 0.2) is 24.3 Å². The molecule has 0 saturated carbocycles. The van der Waals surface area contributed by atoms with Gasteiger partial charge in [-0.25, -0.2) is 8.42 Å². The normalized spacial score (nSPS) is 10.9. The van der Waals surface area contributed by atoms with E-state index in [0.29, 0.717) is 0 Å². The molecule has 3 nitrogen and oxygen atoms in total. The summed E-state index contributed by atoms with van der Waals surface area (Å²) in [7, 11) is -3.13. The molecule has 80 valence electrons. The third kappa shape index (κ3) is 4.13. The zero-order valence-electron chi connectivity index (χ0n) is 8.60. The molecule has 0 N–H and O–H groups in total. The van der Waals surface area contributed by atoms with Gasteiger partial charge in [0, 0.05) is 6.42 Å². The molecule has 1 rings (SSSR count). The van der Waals surface area contributed by atoms with E-state index < -0.39 is 9.84 Å². The predicted molar refractivity (Wildman–Crippen MR) is 58.9 cm³/mol. The van der Waals surface area contributed by atoms with Gasteiger partial charge in [0.15, 0.2) is 9.84 Å². The van der Waals surface area contributed by atoms with Gasteiger partial charge in [-0.3, -0.25) is 0 Å². The molecule has 1 aromatic rings. The lowest BCUT2D eigenvalue weighted by Gasteiger charge is -2.02. The molecule has 0 saturated heterocycles. The minimum atomic E-state index is -3.13. The summed E-state index contributed by atoms with van der Waals surface area (Å²) in [6.07, 6.45) is 0.0637. The number of nitriles is 1. The predicted octanol–water partition coefficient (Wildman–Crippen LogP) is 1.82. The van der Waals surface area contributed by atoms with E-state index in [1.807, 2.05) is 25.1 Å². The largest absolute Gasteiger partial charge is 0.228 e.